The predicted molar refractivity (Wildman–Crippen MR) is 74.7 cm³/mol. The van der Waals surface area contributed by atoms with E-state index >= 15 is 0 Å². The highest BCUT2D eigenvalue weighted by atomic mass is 16.5. The van der Waals surface area contributed by atoms with Crippen LogP contribution in [0.25, 0.3) is 0 Å². The summed E-state index contributed by atoms with van der Waals surface area (Å²) in [5, 5.41) is 43.3. The molecule has 132 valence electrons. The maximum absolute atomic E-state index is 11.2. The molecule has 1 amide bonds. The van der Waals surface area contributed by atoms with Gasteiger partial charge in [-0.1, -0.05) is 6.92 Å². The van der Waals surface area contributed by atoms with E-state index in [2.05, 4.69) is 5.32 Å². The number of ether oxygens (including phenoxy) is 2. The van der Waals surface area contributed by atoms with Crippen LogP contribution >= 0.6 is 0 Å². The molecular weight excluding hydrogens is 310 g/mol. The van der Waals surface area contributed by atoms with E-state index in [4.69, 9.17) is 9.47 Å². The molecule has 0 saturated heterocycles. The van der Waals surface area contributed by atoms with Crippen molar-refractivity contribution < 1.29 is 39.5 Å². The van der Waals surface area contributed by atoms with Crippen LogP contribution in [0, 0.1) is 0 Å². The van der Waals surface area contributed by atoms with Gasteiger partial charge in [-0.2, -0.15) is 0 Å². The van der Waals surface area contributed by atoms with Gasteiger partial charge in [0.15, 0.2) is 6.10 Å². The van der Waals surface area contributed by atoms with E-state index in [0.717, 1.165) is 6.08 Å². The summed E-state index contributed by atoms with van der Waals surface area (Å²) in [6.45, 7) is 3.22. The number of aliphatic carboxylic acids is 1. The zero-order valence-electron chi connectivity index (χ0n) is 13.0. The minimum Gasteiger partial charge on any atom is -0.542 e. The monoisotopic (exact) mass is 332 g/mol. The number of amides is 1. The fourth-order valence-electron chi connectivity index (χ4n) is 2.18. The second kappa shape index (κ2) is 8.82. The Morgan fingerprint density at radius 2 is 2.13 bits per heavy atom. The third-order valence-electron chi connectivity index (χ3n) is 3.25. The summed E-state index contributed by atoms with van der Waals surface area (Å²) in [5.74, 6) is -2.87. The minimum atomic E-state index is -1.68. The first-order chi connectivity index (χ1) is 10.8. The van der Waals surface area contributed by atoms with E-state index in [1.54, 1.807) is 0 Å². The predicted octanol–water partition coefficient (Wildman–Crippen LogP) is -2.97. The van der Waals surface area contributed by atoms with E-state index in [-0.39, 0.29) is 6.61 Å². The van der Waals surface area contributed by atoms with Gasteiger partial charge in [0.1, 0.15) is 23.9 Å². The van der Waals surface area contributed by atoms with Crippen molar-refractivity contribution in [1.82, 2.24) is 5.32 Å². The first kappa shape index (κ1) is 19.4. The molecule has 1 aliphatic rings. The minimum absolute atomic E-state index is 0.206. The van der Waals surface area contributed by atoms with Gasteiger partial charge in [0.25, 0.3) is 0 Å². The first-order valence-electron chi connectivity index (χ1n) is 7.26. The SMILES string of the molecule is CCCOC[C@@H](O)[C@@H](O)C1OC(C(=O)[O-])=CC(O)[C@H]1NC(C)=O. The summed E-state index contributed by atoms with van der Waals surface area (Å²) >= 11 is 0. The molecule has 0 saturated carbocycles. The smallest absolute Gasteiger partial charge is 0.217 e. The van der Waals surface area contributed by atoms with E-state index in [1.165, 1.54) is 6.92 Å². The second-order valence-corrected chi connectivity index (χ2v) is 5.25. The van der Waals surface area contributed by atoms with E-state index < -0.39 is 48.1 Å². The molecule has 4 N–H and O–H groups in total. The molecule has 1 rings (SSSR count). The van der Waals surface area contributed by atoms with Crippen molar-refractivity contribution >= 4 is 11.9 Å². The van der Waals surface area contributed by atoms with Crippen molar-refractivity contribution in [2.45, 2.75) is 50.7 Å². The summed E-state index contributed by atoms with van der Waals surface area (Å²) in [4.78, 5) is 22.1. The second-order valence-electron chi connectivity index (χ2n) is 5.25. The molecule has 0 aromatic carbocycles. The number of carbonyl (C=O) groups is 2. The molecule has 9 nitrogen and oxygen atoms in total. The van der Waals surface area contributed by atoms with E-state index in [1.807, 2.05) is 6.92 Å². The van der Waals surface area contributed by atoms with Crippen LogP contribution in [0.2, 0.25) is 0 Å². The standard InChI is InChI=1S/C14H23NO8/c1-3-4-22-6-9(18)12(19)13-11(15-7(2)16)8(17)5-10(23-13)14(20)21/h5,8-9,11-13,17-19H,3-4,6H2,1-2H3,(H,15,16)(H,20,21)/p-1/t8?,9-,11-,12-,13?/m1/s1. The molecule has 1 aliphatic heterocycles. The summed E-state index contributed by atoms with van der Waals surface area (Å²) in [6, 6.07) is -1.13. The van der Waals surface area contributed by atoms with Gasteiger partial charge in [-0.3, -0.25) is 4.79 Å². The van der Waals surface area contributed by atoms with Gasteiger partial charge >= 0.3 is 0 Å². The van der Waals surface area contributed by atoms with Crippen molar-refractivity contribution in [1.29, 1.82) is 0 Å². The van der Waals surface area contributed by atoms with Gasteiger partial charge in [-0.15, -0.1) is 0 Å². The Morgan fingerprint density at radius 1 is 1.48 bits per heavy atom. The lowest BCUT2D eigenvalue weighted by molar-refractivity contribution is -0.305. The average molecular weight is 332 g/mol. The van der Waals surface area contributed by atoms with Gasteiger partial charge in [0, 0.05) is 13.5 Å². The molecule has 0 aromatic heterocycles. The molecule has 0 aromatic rings. The molecule has 9 heteroatoms. The lowest BCUT2D eigenvalue weighted by atomic mass is 9.94. The van der Waals surface area contributed by atoms with E-state index in [0.29, 0.717) is 13.0 Å². The highest BCUT2D eigenvalue weighted by Gasteiger charge is 2.42. The summed E-state index contributed by atoms with van der Waals surface area (Å²) in [5.41, 5.74) is 0. The van der Waals surface area contributed by atoms with Crippen LogP contribution in [0.3, 0.4) is 0 Å². The highest BCUT2D eigenvalue weighted by Crippen LogP contribution is 2.22. The normalized spacial score (nSPS) is 26.7. The number of carboxylic acids is 1. The number of hydrogen-bond donors (Lipinski definition) is 4. The van der Waals surface area contributed by atoms with Gasteiger partial charge in [0.05, 0.1) is 18.8 Å². The van der Waals surface area contributed by atoms with Crippen molar-refractivity contribution in [2.24, 2.45) is 0 Å². The highest BCUT2D eigenvalue weighted by molar-refractivity contribution is 5.82. The van der Waals surface area contributed by atoms with Gasteiger partial charge in [-0.25, -0.2) is 0 Å². The van der Waals surface area contributed by atoms with Crippen molar-refractivity contribution in [3.05, 3.63) is 11.8 Å². The van der Waals surface area contributed by atoms with Gasteiger partial charge in [-0.05, 0) is 12.5 Å². The number of rotatable bonds is 8. The number of nitrogens with one attached hydrogen (secondary N) is 1. The molecular formula is C14H22NO8-. The fraction of sp³-hybridized carbons (Fsp3) is 0.714. The third kappa shape index (κ3) is 5.47. The van der Waals surface area contributed by atoms with Gasteiger partial charge < -0.3 is 40.0 Å². The molecule has 23 heavy (non-hydrogen) atoms. The Morgan fingerprint density at radius 3 is 2.65 bits per heavy atom. The van der Waals surface area contributed by atoms with Crippen LogP contribution < -0.4 is 10.4 Å². The van der Waals surface area contributed by atoms with Crippen LogP contribution in [0.5, 0.6) is 0 Å². The average Bonchev–Trinajstić information content (AvgIpc) is 2.47. The lowest BCUT2D eigenvalue weighted by Gasteiger charge is -2.39. The number of carboxylic acid groups (broad SMARTS) is 1. The maximum Gasteiger partial charge on any atom is 0.217 e. The maximum atomic E-state index is 11.2. The molecule has 2 unspecified atom stereocenters. The first-order valence-corrected chi connectivity index (χ1v) is 7.26. The van der Waals surface area contributed by atoms with Crippen molar-refractivity contribution in [3.63, 3.8) is 0 Å². The van der Waals surface area contributed by atoms with Crippen LogP contribution in [0.1, 0.15) is 20.3 Å². The van der Waals surface area contributed by atoms with Crippen molar-refractivity contribution in [3.8, 4) is 0 Å². The Bertz CT molecular complexity index is 452. The number of aliphatic hydroxyl groups is 3. The van der Waals surface area contributed by atoms with Crippen molar-refractivity contribution in [2.75, 3.05) is 13.2 Å². The Kier molecular flexibility index (Phi) is 7.43. The molecule has 0 radical (unpaired) electrons. The molecule has 1 heterocycles. The largest absolute Gasteiger partial charge is 0.542 e. The third-order valence-corrected chi connectivity index (χ3v) is 3.25. The topological polar surface area (TPSA) is 148 Å². The molecule has 5 atom stereocenters. The zero-order chi connectivity index (χ0) is 17.6. The van der Waals surface area contributed by atoms with E-state index in [9.17, 15) is 30.0 Å². The van der Waals surface area contributed by atoms with Gasteiger partial charge in [0.2, 0.25) is 5.91 Å². The number of hydrogen-bond acceptors (Lipinski definition) is 8. The Labute approximate surface area is 133 Å². The quantitative estimate of drug-likeness (QED) is 0.344. The zero-order valence-corrected chi connectivity index (χ0v) is 13.0. The fourth-order valence-corrected chi connectivity index (χ4v) is 2.18. The molecule has 0 fully saturated rings. The van der Waals surface area contributed by atoms with Crippen LogP contribution in [0.15, 0.2) is 11.8 Å². The lowest BCUT2D eigenvalue weighted by Crippen LogP contribution is -2.60. The number of aliphatic hydroxyl groups excluding tert-OH is 3. The molecule has 0 spiro atoms. The Balaban J connectivity index is 2.89. The van der Waals surface area contributed by atoms with Crippen LogP contribution in [0.4, 0.5) is 0 Å². The van der Waals surface area contributed by atoms with Crippen LogP contribution in [-0.2, 0) is 19.1 Å². The summed E-state index contributed by atoms with van der Waals surface area (Å²) in [7, 11) is 0. The number of carbonyl (C=O) groups excluding carboxylic acids is 2. The summed E-state index contributed by atoms with van der Waals surface area (Å²) < 4.78 is 10.2. The summed E-state index contributed by atoms with van der Waals surface area (Å²) in [6.07, 6.45) is -4.22. The molecule has 0 aliphatic carbocycles. The molecule has 0 bridgehead atoms. The Hall–Kier alpha value is -1.68. The van der Waals surface area contributed by atoms with Crippen LogP contribution in [-0.4, -0.2) is 70.9 Å².